The Morgan fingerprint density at radius 2 is 1.89 bits per heavy atom. The third-order valence-electron chi connectivity index (χ3n) is 5.19. The molecule has 2 bridgehead atoms. The van der Waals surface area contributed by atoms with E-state index in [-0.39, 0.29) is 12.0 Å². The van der Waals surface area contributed by atoms with Crippen LogP contribution in [0.15, 0.2) is 30.3 Å². The van der Waals surface area contributed by atoms with E-state index in [9.17, 15) is 8.42 Å². The van der Waals surface area contributed by atoms with Crippen LogP contribution in [0.4, 0.5) is 0 Å². The van der Waals surface area contributed by atoms with E-state index in [1.54, 1.807) is 18.4 Å². The summed E-state index contributed by atoms with van der Waals surface area (Å²) in [7, 11) is -0.196. The fourth-order valence-corrected chi connectivity index (χ4v) is 4.92. The van der Waals surface area contributed by atoms with Gasteiger partial charge >= 0.3 is 0 Å². The molecule has 2 fully saturated rings. The largest absolute Gasteiger partial charge is 0.494 e. The standard InChI is InChI=1S/C19H31N3O4S/c1-20(2)27(23,24)22-13-17-12-21(18(14-22)16-25-15-17)10-6-7-11-26-19-8-4-3-5-9-19/h3-5,8-9,17-18H,6-7,10-16H2,1-2H3/t17-,18+/m1/s1. The van der Waals surface area contributed by atoms with Crippen LogP contribution in [-0.2, 0) is 14.9 Å². The highest BCUT2D eigenvalue weighted by atomic mass is 32.2. The smallest absolute Gasteiger partial charge is 0.281 e. The molecule has 7 nitrogen and oxygen atoms in total. The Morgan fingerprint density at radius 1 is 1.11 bits per heavy atom. The van der Waals surface area contributed by atoms with Gasteiger partial charge in [-0.15, -0.1) is 0 Å². The first-order valence-corrected chi connectivity index (χ1v) is 11.0. The molecule has 2 atom stereocenters. The Hall–Kier alpha value is -1.19. The minimum Gasteiger partial charge on any atom is -0.494 e. The van der Waals surface area contributed by atoms with Gasteiger partial charge < -0.3 is 9.47 Å². The van der Waals surface area contributed by atoms with Crippen LogP contribution >= 0.6 is 0 Å². The Bertz CT molecular complexity index is 683. The molecule has 27 heavy (non-hydrogen) atoms. The summed E-state index contributed by atoms with van der Waals surface area (Å²) in [6.07, 6.45) is 2.00. The predicted octanol–water partition coefficient (Wildman–Crippen LogP) is 1.28. The minimum absolute atomic E-state index is 0.113. The second kappa shape index (κ2) is 9.34. The molecule has 152 valence electrons. The lowest BCUT2D eigenvalue weighted by Crippen LogP contribution is -2.49. The van der Waals surface area contributed by atoms with Gasteiger partial charge in [0.15, 0.2) is 0 Å². The highest BCUT2D eigenvalue weighted by Crippen LogP contribution is 2.23. The zero-order valence-electron chi connectivity index (χ0n) is 16.3. The van der Waals surface area contributed by atoms with Crippen molar-refractivity contribution in [2.24, 2.45) is 5.92 Å². The summed E-state index contributed by atoms with van der Waals surface area (Å²) in [5.74, 6) is 1.12. The fourth-order valence-electron chi connectivity index (χ4n) is 3.70. The topological polar surface area (TPSA) is 62.3 Å². The molecule has 3 rings (SSSR count). The summed E-state index contributed by atoms with van der Waals surface area (Å²) in [6, 6.07) is 9.97. The van der Waals surface area contributed by atoms with Gasteiger partial charge in [-0.2, -0.15) is 17.0 Å². The summed E-state index contributed by atoms with van der Waals surface area (Å²) >= 11 is 0. The Labute approximate surface area is 163 Å². The highest BCUT2D eigenvalue weighted by molar-refractivity contribution is 7.86. The monoisotopic (exact) mass is 397 g/mol. The molecule has 1 aromatic carbocycles. The quantitative estimate of drug-likeness (QED) is 0.619. The lowest BCUT2D eigenvalue weighted by molar-refractivity contribution is 0.0674. The van der Waals surface area contributed by atoms with Crippen molar-refractivity contribution in [1.82, 2.24) is 13.5 Å². The summed E-state index contributed by atoms with van der Waals surface area (Å²) < 4.78 is 39.7. The Morgan fingerprint density at radius 3 is 2.63 bits per heavy atom. The van der Waals surface area contributed by atoms with Crippen LogP contribution in [0.3, 0.4) is 0 Å². The molecule has 0 radical (unpaired) electrons. The van der Waals surface area contributed by atoms with Gasteiger partial charge in [0.2, 0.25) is 0 Å². The minimum atomic E-state index is -3.38. The summed E-state index contributed by atoms with van der Waals surface area (Å²) in [5, 5.41) is 0. The lowest BCUT2D eigenvalue weighted by atomic mass is 10.1. The number of ether oxygens (including phenoxy) is 2. The van der Waals surface area contributed by atoms with Crippen LogP contribution < -0.4 is 4.74 Å². The first kappa shape index (κ1) is 20.5. The van der Waals surface area contributed by atoms with Gasteiger partial charge in [-0.25, -0.2) is 0 Å². The zero-order chi connectivity index (χ0) is 19.3. The lowest BCUT2D eigenvalue weighted by Gasteiger charge is -2.32. The fraction of sp³-hybridized carbons (Fsp3) is 0.684. The van der Waals surface area contributed by atoms with Crippen molar-refractivity contribution in [2.75, 3.05) is 60.1 Å². The van der Waals surface area contributed by atoms with Crippen molar-refractivity contribution < 1.29 is 17.9 Å². The second-order valence-electron chi connectivity index (χ2n) is 7.53. The van der Waals surface area contributed by atoms with Crippen molar-refractivity contribution >= 4 is 10.2 Å². The molecule has 8 heteroatoms. The third-order valence-corrected chi connectivity index (χ3v) is 7.06. The van der Waals surface area contributed by atoms with Crippen molar-refractivity contribution in [3.05, 3.63) is 30.3 Å². The van der Waals surface area contributed by atoms with Gasteiger partial charge in [0.05, 0.1) is 19.8 Å². The number of hydrogen-bond acceptors (Lipinski definition) is 5. The van der Waals surface area contributed by atoms with Crippen LogP contribution in [-0.4, -0.2) is 88.1 Å². The normalized spacial score (nSPS) is 24.7. The molecule has 0 amide bonds. The highest BCUT2D eigenvalue weighted by Gasteiger charge is 2.38. The van der Waals surface area contributed by atoms with E-state index in [0.29, 0.717) is 32.9 Å². The number of rotatable bonds is 8. The predicted molar refractivity (Wildman–Crippen MR) is 105 cm³/mol. The molecular weight excluding hydrogens is 366 g/mol. The maximum Gasteiger partial charge on any atom is 0.281 e. The second-order valence-corrected chi connectivity index (χ2v) is 9.67. The number of nitrogens with zero attached hydrogens (tertiary/aromatic N) is 3. The average molecular weight is 398 g/mol. The molecule has 0 aliphatic carbocycles. The van der Waals surface area contributed by atoms with Gasteiger partial charge in [0.25, 0.3) is 10.2 Å². The number of benzene rings is 1. The van der Waals surface area contributed by atoms with Crippen molar-refractivity contribution in [3.8, 4) is 5.75 Å². The SMILES string of the molecule is CN(C)S(=O)(=O)N1C[C@@H]2COC[C@H](C1)N(CCCCOc1ccccc1)C2. The van der Waals surface area contributed by atoms with Gasteiger partial charge in [0, 0.05) is 45.7 Å². The van der Waals surface area contributed by atoms with Gasteiger partial charge in [-0.1, -0.05) is 18.2 Å². The van der Waals surface area contributed by atoms with E-state index in [4.69, 9.17) is 9.47 Å². The molecule has 0 N–H and O–H groups in total. The van der Waals surface area contributed by atoms with E-state index in [0.717, 1.165) is 31.7 Å². The first-order valence-electron chi connectivity index (χ1n) is 9.64. The molecule has 2 aliphatic rings. The third kappa shape index (κ3) is 5.42. The number of unbranched alkanes of at least 4 members (excludes halogenated alkanes) is 1. The van der Waals surface area contributed by atoms with Crippen LogP contribution in [0.25, 0.3) is 0 Å². The van der Waals surface area contributed by atoms with Crippen molar-refractivity contribution in [2.45, 2.75) is 18.9 Å². The summed E-state index contributed by atoms with van der Waals surface area (Å²) in [6.45, 7) is 4.79. The molecule has 2 aliphatic heterocycles. The van der Waals surface area contributed by atoms with Crippen LogP contribution in [0, 0.1) is 5.92 Å². The maximum absolute atomic E-state index is 12.6. The first-order chi connectivity index (χ1) is 13.0. The Balaban J connectivity index is 1.51. The molecule has 2 saturated heterocycles. The van der Waals surface area contributed by atoms with E-state index in [2.05, 4.69) is 4.90 Å². The molecule has 0 unspecified atom stereocenters. The van der Waals surface area contributed by atoms with Gasteiger partial charge in [0.1, 0.15) is 5.75 Å². The summed E-state index contributed by atoms with van der Waals surface area (Å²) in [5.41, 5.74) is 0. The van der Waals surface area contributed by atoms with E-state index in [1.165, 1.54) is 4.31 Å². The number of fused-ring (bicyclic) bond motifs is 3. The maximum atomic E-state index is 12.6. The molecule has 2 heterocycles. The van der Waals surface area contributed by atoms with Gasteiger partial charge in [-0.3, -0.25) is 4.90 Å². The zero-order valence-corrected chi connectivity index (χ0v) is 17.1. The molecule has 0 spiro atoms. The van der Waals surface area contributed by atoms with Crippen LogP contribution in [0.2, 0.25) is 0 Å². The molecule has 0 aromatic heterocycles. The summed E-state index contributed by atoms with van der Waals surface area (Å²) in [4.78, 5) is 2.41. The Kier molecular flexibility index (Phi) is 7.10. The number of hydrogen-bond donors (Lipinski definition) is 0. The van der Waals surface area contributed by atoms with Crippen LogP contribution in [0.5, 0.6) is 5.75 Å². The molecule has 1 aromatic rings. The molecule has 0 saturated carbocycles. The average Bonchev–Trinajstić information content (AvgIpc) is 2.92. The van der Waals surface area contributed by atoms with E-state index < -0.39 is 10.2 Å². The van der Waals surface area contributed by atoms with Crippen LogP contribution in [0.1, 0.15) is 12.8 Å². The van der Waals surface area contributed by atoms with Crippen molar-refractivity contribution in [3.63, 3.8) is 0 Å². The van der Waals surface area contributed by atoms with E-state index in [1.807, 2.05) is 30.3 Å². The van der Waals surface area contributed by atoms with Crippen molar-refractivity contribution in [1.29, 1.82) is 0 Å². The molecular formula is C19H31N3O4S. The van der Waals surface area contributed by atoms with Gasteiger partial charge in [-0.05, 0) is 31.5 Å². The van der Waals surface area contributed by atoms with E-state index >= 15 is 0 Å². The number of para-hydroxylation sites is 1.